The molecule has 1 amide bonds. The third-order valence-electron chi connectivity index (χ3n) is 3.24. The van der Waals surface area contributed by atoms with Gasteiger partial charge in [0.25, 0.3) is 0 Å². The van der Waals surface area contributed by atoms with E-state index in [1.54, 1.807) is 24.3 Å². The highest BCUT2D eigenvalue weighted by Crippen LogP contribution is 2.25. The molecule has 0 saturated heterocycles. The van der Waals surface area contributed by atoms with Crippen molar-refractivity contribution in [2.75, 3.05) is 12.3 Å². The summed E-state index contributed by atoms with van der Waals surface area (Å²) in [5.74, 6) is 0.209. The molecular weight excluding hydrogens is 398 g/mol. The zero-order chi connectivity index (χ0) is 16.8. The van der Waals surface area contributed by atoms with E-state index in [1.165, 1.54) is 11.8 Å². The van der Waals surface area contributed by atoms with Gasteiger partial charge < -0.3 is 10.4 Å². The number of nitrogens with one attached hydrogen (secondary N) is 1. The zero-order valence-corrected chi connectivity index (χ0v) is 15.7. The Hall–Kier alpha value is -1.01. The van der Waals surface area contributed by atoms with Crippen molar-refractivity contribution in [3.05, 3.63) is 63.1 Å². The first-order valence-electron chi connectivity index (χ1n) is 7.05. The van der Waals surface area contributed by atoms with E-state index in [4.69, 9.17) is 11.6 Å². The predicted octanol–water partition coefficient (Wildman–Crippen LogP) is 4.35. The number of carbonyl (C=O) groups is 1. The number of benzene rings is 2. The van der Waals surface area contributed by atoms with Crippen LogP contribution in [0, 0.1) is 6.92 Å². The molecule has 23 heavy (non-hydrogen) atoms. The molecule has 2 aromatic rings. The number of hydrogen-bond acceptors (Lipinski definition) is 3. The summed E-state index contributed by atoms with van der Waals surface area (Å²) >= 11 is 10.7. The number of amides is 1. The number of halogens is 2. The molecule has 0 heterocycles. The molecule has 0 saturated carbocycles. The highest BCUT2D eigenvalue weighted by atomic mass is 79.9. The average Bonchev–Trinajstić information content (AvgIpc) is 2.52. The summed E-state index contributed by atoms with van der Waals surface area (Å²) in [5, 5.41) is 13.4. The molecule has 6 heteroatoms. The van der Waals surface area contributed by atoms with Crippen molar-refractivity contribution >= 4 is 45.2 Å². The zero-order valence-electron chi connectivity index (χ0n) is 12.6. The molecule has 2 aromatic carbocycles. The highest BCUT2D eigenvalue weighted by Gasteiger charge is 2.10. The van der Waals surface area contributed by atoms with Gasteiger partial charge in [-0.25, -0.2) is 0 Å². The lowest BCUT2D eigenvalue weighted by Gasteiger charge is -2.12. The smallest absolute Gasteiger partial charge is 0.230 e. The molecule has 0 aliphatic rings. The van der Waals surface area contributed by atoms with Crippen molar-refractivity contribution in [1.29, 1.82) is 0 Å². The molecular formula is C17H17BrClNO2S. The van der Waals surface area contributed by atoms with Crippen LogP contribution in [0.2, 0.25) is 5.02 Å². The number of aliphatic hydroxyl groups excluding tert-OH is 1. The first-order chi connectivity index (χ1) is 11.0. The fraction of sp³-hybridized carbons (Fsp3) is 0.235. The van der Waals surface area contributed by atoms with Crippen molar-refractivity contribution in [3.63, 3.8) is 0 Å². The van der Waals surface area contributed by atoms with Crippen LogP contribution >= 0.6 is 39.3 Å². The van der Waals surface area contributed by atoms with Crippen LogP contribution in [0.4, 0.5) is 0 Å². The van der Waals surface area contributed by atoms with E-state index in [-0.39, 0.29) is 12.5 Å². The van der Waals surface area contributed by atoms with Crippen molar-refractivity contribution in [3.8, 4) is 0 Å². The number of hydrogen-bond donors (Lipinski definition) is 2. The van der Waals surface area contributed by atoms with Gasteiger partial charge in [-0.2, -0.15) is 0 Å². The first-order valence-corrected chi connectivity index (χ1v) is 9.20. The Morgan fingerprint density at radius 1 is 1.30 bits per heavy atom. The van der Waals surface area contributed by atoms with E-state index < -0.39 is 6.10 Å². The van der Waals surface area contributed by atoms with Gasteiger partial charge in [0, 0.05) is 20.9 Å². The molecule has 122 valence electrons. The maximum absolute atomic E-state index is 11.9. The van der Waals surface area contributed by atoms with Gasteiger partial charge in [-0.05, 0) is 48.4 Å². The number of aryl methyl sites for hydroxylation is 1. The van der Waals surface area contributed by atoms with Gasteiger partial charge in [0.05, 0.1) is 11.9 Å². The number of rotatable bonds is 6. The fourth-order valence-electron chi connectivity index (χ4n) is 1.98. The van der Waals surface area contributed by atoms with Crippen molar-refractivity contribution < 1.29 is 9.90 Å². The van der Waals surface area contributed by atoms with Crippen LogP contribution in [0.25, 0.3) is 0 Å². The molecule has 0 fully saturated rings. The van der Waals surface area contributed by atoms with Crippen LogP contribution < -0.4 is 5.32 Å². The summed E-state index contributed by atoms with van der Waals surface area (Å²) < 4.78 is 1.02. The summed E-state index contributed by atoms with van der Waals surface area (Å²) in [7, 11) is 0. The van der Waals surface area contributed by atoms with Crippen LogP contribution in [-0.2, 0) is 4.79 Å². The fourth-order valence-corrected chi connectivity index (χ4v) is 3.42. The Balaban J connectivity index is 1.79. The second-order valence-corrected chi connectivity index (χ2v) is 7.44. The topological polar surface area (TPSA) is 49.3 Å². The Kier molecular flexibility index (Phi) is 6.96. The second kappa shape index (κ2) is 8.73. The summed E-state index contributed by atoms with van der Waals surface area (Å²) in [6.45, 7) is 2.19. The van der Waals surface area contributed by atoms with E-state index in [0.29, 0.717) is 10.8 Å². The third-order valence-corrected chi connectivity index (χ3v) is 5.16. The minimum Gasteiger partial charge on any atom is -0.387 e. The van der Waals surface area contributed by atoms with Crippen molar-refractivity contribution in [2.24, 2.45) is 0 Å². The molecule has 2 N–H and O–H groups in total. The Morgan fingerprint density at radius 3 is 2.65 bits per heavy atom. The minimum absolute atomic E-state index is 0.106. The largest absolute Gasteiger partial charge is 0.387 e. The molecule has 0 radical (unpaired) electrons. The van der Waals surface area contributed by atoms with E-state index in [1.807, 2.05) is 25.1 Å². The Morgan fingerprint density at radius 2 is 2.00 bits per heavy atom. The second-order valence-electron chi connectivity index (χ2n) is 5.07. The average molecular weight is 415 g/mol. The highest BCUT2D eigenvalue weighted by molar-refractivity contribution is 9.10. The Labute approximate surface area is 153 Å². The normalized spacial score (nSPS) is 12.0. The van der Waals surface area contributed by atoms with E-state index >= 15 is 0 Å². The molecule has 0 bridgehead atoms. The van der Waals surface area contributed by atoms with Gasteiger partial charge >= 0.3 is 0 Å². The van der Waals surface area contributed by atoms with Crippen molar-refractivity contribution in [2.45, 2.75) is 17.9 Å². The number of carbonyl (C=O) groups excluding carboxylic acids is 1. The summed E-state index contributed by atoms with van der Waals surface area (Å²) in [6, 6.07) is 12.9. The molecule has 0 aliphatic carbocycles. The molecule has 3 nitrogen and oxygen atoms in total. The molecule has 0 aliphatic heterocycles. The van der Waals surface area contributed by atoms with Gasteiger partial charge in [0.2, 0.25) is 5.91 Å². The standard InChI is InChI=1S/C17H17BrClNO2S/c1-11-8-13(18)4-7-16(11)23-10-17(22)20-9-15(21)12-2-5-14(19)6-3-12/h2-8,15,21H,9-10H2,1H3,(H,20,22). The van der Waals surface area contributed by atoms with Crippen LogP contribution in [0.15, 0.2) is 51.8 Å². The van der Waals surface area contributed by atoms with Gasteiger partial charge in [-0.3, -0.25) is 4.79 Å². The van der Waals surface area contributed by atoms with Crippen LogP contribution in [-0.4, -0.2) is 23.3 Å². The number of thioether (sulfide) groups is 1. The predicted molar refractivity (Wildman–Crippen MR) is 99.0 cm³/mol. The molecule has 1 atom stereocenters. The number of aliphatic hydroxyl groups is 1. The molecule has 2 rings (SSSR count). The monoisotopic (exact) mass is 413 g/mol. The lowest BCUT2D eigenvalue weighted by Crippen LogP contribution is -2.29. The Bertz CT molecular complexity index is 679. The quantitative estimate of drug-likeness (QED) is 0.691. The van der Waals surface area contributed by atoms with Gasteiger partial charge in [-0.15, -0.1) is 11.8 Å². The van der Waals surface area contributed by atoms with Crippen LogP contribution in [0.1, 0.15) is 17.2 Å². The lowest BCUT2D eigenvalue weighted by molar-refractivity contribution is -0.119. The van der Waals surface area contributed by atoms with Gasteiger partial charge in [-0.1, -0.05) is 39.7 Å². The SMILES string of the molecule is Cc1cc(Br)ccc1SCC(=O)NCC(O)c1ccc(Cl)cc1. The van der Waals surface area contributed by atoms with E-state index in [9.17, 15) is 9.90 Å². The van der Waals surface area contributed by atoms with Crippen LogP contribution in [0.5, 0.6) is 0 Å². The van der Waals surface area contributed by atoms with Crippen LogP contribution in [0.3, 0.4) is 0 Å². The molecule has 0 aromatic heterocycles. The van der Waals surface area contributed by atoms with Crippen molar-refractivity contribution in [1.82, 2.24) is 5.32 Å². The minimum atomic E-state index is -0.740. The van der Waals surface area contributed by atoms with Gasteiger partial charge in [0.1, 0.15) is 0 Å². The molecule has 1 unspecified atom stereocenters. The first kappa shape index (κ1) is 18.3. The summed E-state index contributed by atoms with van der Waals surface area (Å²) in [6.07, 6.45) is -0.740. The summed E-state index contributed by atoms with van der Waals surface area (Å²) in [4.78, 5) is 13.0. The van der Waals surface area contributed by atoms with E-state index in [2.05, 4.69) is 21.2 Å². The summed E-state index contributed by atoms with van der Waals surface area (Å²) in [5.41, 5.74) is 1.85. The third kappa shape index (κ3) is 5.84. The van der Waals surface area contributed by atoms with Gasteiger partial charge in [0.15, 0.2) is 0 Å². The molecule has 0 spiro atoms. The lowest BCUT2D eigenvalue weighted by atomic mass is 10.1. The maximum atomic E-state index is 11.9. The van der Waals surface area contributed by atoms with E-state index in [0.717, 1.165) is 20.5 Å². The maximum Gasteiger partial charge on any atom is 0.230 e.